The van der Waals surface area contributed by atoms with Crippen molar-refractivity contribution in [2.75, 3.05) is 0 Å². The Balaban J connectivity index is 3.06. The van der Waals surface area contributed by atoms with E-state index in [4.69, 9.17) is 21.0 Å². The van der Waals surface area contributed by atoms with Crippen molar-refractivity contribution in [2.24, 2.45) is 11.8 Å². The van der Waals surface area contributed by atoms with Crippen molar-refractivity contribution in [2.45, 2.75) is 25.7 Å². The van der Waals surface area contributed by atoms with Gasteiger partial charge < -0.3 is 0 Å². The zero-order chi connectivity index (χ0) is 12.0. The fourth-order valence-electron chi connectivity index (χ4n) is 1.86. The summed E-state index contributed by atoms with van der Waals surface area (Å²) in [6.07, 6.45) is 2.08. The molecule has 0 spiro atoms. The van der Waals surface area contributed by atoms with Gasteiger partial charge in [-0.3, -0.25) is 0 Å². The lowest BCUT2D eigenvalue weighted by Gasteiger charge is -2.18. The highest BCUT2D eigenvalue weighted by Crippen LogP contribution is 2.30. The Hall–Kier alpha value is -2.30. The Morgan fingerprint density at radius 2 is 1.50 bits per heavy atom. The number of hydrogen-bond acceptors (Lipinski definition) is 4. The second kappa shape index (κ2) is 5.55. The molecule has 0 aliphatic heterocycles. The molecule has 2 unspecified atom stereocenters. The minimum atomic E-state index is -0.469. The Kier molecular flexibility index (Phi) is 4.08. The first kappa shape index (κ1) is 11.8. The summed E-state index contributed by atoms with van der Waals surface area (Å²) in [5, 5.41) is 35.7. The minimum Gasteiger partial charge on any atom is -0.198 e. The van der Waals surface area contributed by atoms with E-state index in [9.17, 15) is 0 Å². The van der Waals surface area contributed by atoms with Crippen LogP contribution in [-0.4, -0.2) is 0 Å². The quantitative estimate of drug-likeness (QED) is 0.612. The maximum Gasteiger partial charge on any atom is 0.0957 e. The van der Waals surface area contributed by atoms with Crippen molar-refractivity contribution in [1.82, 2.24) is 0 Å². The van der Waals surface area contributed by atoms with Gasteiger partial charge in [0.15, 0.2) is 0 Å². The molecule has 0 saturated heterocycles. The third kappa shape index (κ3) is 2.38. The number of rotatable bonds is 0. The Bertz CT molecular complexity index is 461. The standard InChI is InChI=1S/C12H10N4/c13-5-9-2-1-3-10(6-14)12(8-16)4-11(9)7-15/h9,11H,1-4H2/b12-10-. The molecule has 0 aromatic rings. The van der Waals surface area contributed by atoms with Gasteiger partial charge in [-0.1, -0.05) is 0 Å². The van der Waals surface area contributed by atoms with E-state index in [2.05, 4.69) is 12.1 Å². The smallest absolute Gasteiger partial charge is 0.0957 e. The van der Waals surface area contributed by atoms with Crippen LogP contribution in [0.1, 0.15) is 25.7 Å². The van der Waals surface area contributed by atoms with Crippen LogP contribution < -0.4 is 0 Å². The van der Waals surface area contributed by atoms with Gasteiger partial charge in [0.25, 0.3) is 0 Å². The minimum absolute atomic E-state index is 0.230. The van der Waals surface area contributed by atoms with Gasteiger partial charge >= 0.3 is 0 Å². The molecule has 0 radical (unpaired) electrons. The lowest BCUT2D eigenvalue weighted by molar-refractivity contribution is 0.440. The molecule has 2 atom stereocenters. The molecule has 4 nitrogen and oxygen atoms in total. The van der Waals surface area contributed by atoms with Gasteiger partial charge in [-0.2, -0.15) is 21.0 Å². The number of allylic oxidation sites excluding steroid dienone is 2. The van der Waals surface area contributed by atoms with Crippen molar-refractivity contribution in [1.29, 1.82) is 21.0 Å². The third-order valence-electron chi connectivity index (χ3n) is 2.82. The molecule has 0 amide bonds. The van der Waals surface area contributed by atoms with Gasteiger partial charge in [-0.25, -0.2) is 0 Å². The lowest BCUT2D eigenvalue weighted by atomic mass is 9.81. The zero-order valence-corrected chi connectivity index (χ0v) is 8.77. The van der Waals surface area contributed by atoms with Crippen molar-refractivity contribution >= 4 is 0 Å². The predicted molar refractivity (Wildman–Crippen MR) is 54.9 cm³/mol. The highest BCUT2D eigenvalue weighted by Gasteiger charge is 2.25. The van der Waals surface area contributed by atoms with Gasteiger partial charge in [0, 0.05) is 17.6 Å². The van der Waals surface area contributed by atoms with Crippen LogP contribution >= 0.6 is 0 Å². The first-order chi connectivity index (χ1) is 7.76. The van der Waals surface area contributed by atoms with Crippen molar-refractivity contribution in [3.05, 3.63) is 11.1 Å². The highest BCUT2D eigenvalue weighted by atomic mass is 14.4. The van der Waals surface area contributed by atoms with E-state index in [1.807, 2.05) is 12.1 Å². The van der Waals surface area contributed by atoms with E-state index in [1.165, 1.54) is 0 Å². The summed E-state index contributed by atoms with van der Waals surface area (Å²) in [6, 6.07) is 8.17. The second-order valence-corrected chi connectivity index (χ2v) is 3.75. The van der Waals surface area contributed by atoms with Gasteiger partial charge in [0.1, 0.15) is 0 Å². The molecule has 1 aliphatic rings. The maximum atomic E-state index is 8.97. The molecule has 0 fully saturated rings. The Morgan fingerprint density at radius 3 is 2.00 bits per heavy atom. The van der Waals surface area contributed by atoms with Crippen molar-refractivity contribution < 1.29 is 0 Å². The number of nitriles is 4. The largest absolute Gasteiger partial charge is 0.198 e. The average molecular weight is 210 g/mol. The van der Waals surface area contributed by atoms with Gasteiger partial charge in [-0.15, -0.1) is 0 Å². The van der Waals surface area contributed by atoms with E-state index >= 15 is 0 Å². The van der Waals surface area contributed by atoms with Crippen LogP contribution in [0.3, 0.4) is 0 Å². The predicted octanol–water partition coefficient (Wildman–Crippen LogP) is 2.18. The third-order valence-corrected chi connectivity index (χ3v) is 2.82. The molecule has 0 N–H and O–H groups in total. The second-order valence-electron chi connectivity index (χ2n) is 3.75. The lowest BCUT2D eigenvalue weighted by Crippen LogP contribution is -2.15. The van der Waals surface area contributed by atoms with Gasteiger partial charge in [0.2, 0.25) is 0 Å². The van der Waals surface area contributed by atoms with Gasteiger partial charge in [-0.05, 0) is 19.3 Å². The molecule has 0 aromatic heterocycles. The SMILES string of the molecule is N#C/C1=C(\C#N)CC(C#N)C(C#N)CCC1. The monoisotopic (exact) mass is 210 g/mol. The first-order valence-corrected chi connectivity index (χ1v) is 5.08. The molecule has 0 heterocycles. The van der Waals surface area contributed by atoms with Crippen molar-refractivity contribution in [3.8, 4) is 24.3 Å². The zero-order valence-electron chi connectivity index (χ0n) is 8.77. The molecule has 0 bridgehead atoms. The molecule has 4 heteroatoms. The van der Waals surface area contributed by atoms with Gasteiger partial charge in [0.05, 0.1) is 36.1 Å². The van der Waals surface area contributed by atoms with Crippen LogP contribution in [0, 0.1) is 57.2 Å². The Labute approximate surface area is 94.6 Å². The average Bonchev–Trinajstić information content (AvgIpc) is 2.30. The molecule has 16 heavy (non-hydrogen) atoms. The van der Waals surface area contributed by atoms with E-state index in [1.54, 1.807) is 0 Å². The fourth-order valence-corrected chi connectivity index (χ4v) is 1.86. The van der Waals surface area contributed by atoms with Crippen LogP contribution in [0.5, 0.6) is 0 Å². The summed E-state index contributed by atoms with van der Waals surface area (Å²) in [4.78, 5) is 0. The fraction of sp³-hybridized carbons (Fsp3) is 0.500. The molecule has 0 saturated carbocycles. The summed E-state index contributed by atoms with van der Waals surface area (Å²) in [5.74, 6) is -0.795. The first-order valence-electron chi connectivity index (χ1n) is 5.08. The van der Waals surface area contributed by atoms with E-state index in [0.717, 1.165) is 0 Å². The number of nitrogens with zero attached hydrogens (tertiary/aromatic N) is 4. The molecular weight excluding hydrogens is 200 g/mol. The molecule has 78 valence electrons. The van der Waals surface area contributed by atoms with Crippen LogP contribution in [0.25, 0.3) is 0 Å². The highest BCUT2D eigenvalue weighted by molar-refractivity contribution is 5.38. The summed E-state index contributed by atoms with van der Waals surface area (Å²) < 4.78 is 0. The summed E-state index contributed by atoms with van der Waals surface area (Å²) >= 11 is 0. The van der Waals surface area contributed by atoms with Crippen LogP contribution in [0.2, 0.25) is 0 Å². The maximum absolute atomic E-state index is 8.97. The summed E-state index contributed by atoms with van der Waals surface area (Å²) in [6.45, 7) is 0. The van der Waals surface area contributed by atoms with Crippen LogP contribution in [0.15, 0.2) is 11.1 Å². The Morgan fingerprint density at radius 1 is 0.875 bits per heavy atom. The number of hydrogen-bond donors (Lipinski definition) is 0. The van der Waals surface area contributed by atoms with E-state index in [0.29, 0.717) is 30.4 Å². The molecule has 0 aromatic carbocycles. The topological polar surface area (TPSA) is 95.2 Å². The summed E-state index contributed by atoms with van der Waals surface area (Å²) in [7, 11) is 0. The van der Waals surface area contributed by atoms with E-state index < -0.39 is 5.92 Å². The van der Waals surface area contributed by atoms with E-state index in [-0.39, 0.29) is 12.3 Å². The van der Waals surface area contributed by atoms with Crippen LogP contribution in [0.4, 0.5) is 0 Å². The molecule has 1 aliphatic carbocycles. The normalized spacial score (nSPS) is 29.8. The molecular formula is C12H10N4. The molecule has 1 rings (SSSR count). The summed E-state index contributed by atoms with van der Waals surface area (Å²) in [5.41, 5.74) is 0.841. The van der Waals surface area contributed by atoms with Crippen LogP contribution in [-0.2, 0) is 0 Å². The van der Waals surface area contributed by atoms with Crippen molar-refractivity contribution in [3.63, 3.8) is 0 Å².